The lowest BCUT2D eigenvalue weighted by Gasteiger charge is -2.15. The van der Waals surface area contributed by atoms with Gasteiger partial charge in [0.1, 0.15) is 17.4 Å². The number of rotatable bonds is 4. The molecule has 1 atom stereocenters. The second-order valence-corrected chi connectivity index (χ2v) is 3.69. The van der Waals surface area contributed by atoms with Gasteiger partial charge in [-0.05, 0) is 19.1 Å². The summed E-state index contributed by atoms with van der Waals surface area (Å²) in [5, 5.41) is 9.04. The Bertz CT molecular complexity index is 543. The third-order valence-corrected chi connectivity index (χ3v) is 2.42. The van der Waals surface area contributed by atoms with E-state index in [-0.39, 0.29) is 11.7 Å². The Kier molecular flexibility index (Phi) is 3.52. The molecule has 0 saturated heterocycles. The van der Waals surface area contributed by atoms with E-state index in [1.54, 1.807) is 43.7 Å². The lowest BCUT2D eigenvalue weighted by Crippen LogP contribution is -2.08. The fourth-order valence-electron chi connectivity index (χ4n) is 1.52. The first-order valence-electron chi connectivity index (χ1n) is 5.43. The maximum Gasteiger partial charge on any atom is 0.339 e. The second-order valence-electron chi connectivity index (χ2n) is 3.69. The van der Waals surface area contributed by atoms with Gasteiger partial charge in [0.15, 0.2) is 0 Å². The van der Waals surface area contributed by atoms with Crippen LogP contribution in [-0.2, 0) is 0 Å². The third kappa shape index (κ3) is 2.63. The van der Waals surface area contributed by atoms with Crippen molar-refractivity contribution in [1.82, 2.24) is 9.97 Å². The monoisotopic (exact) mass is 244 g/mol. The maximum absolute atomic E-state index is 11.0. The van der Waals surface area contributed by atoms with E-state index in [0.29, 0.717) is 11.4 Å². The first-order valence-corrected chi connectivity index (χ1v) is 5.43. The Morgan fingerprint density at radius 1 is 1.33 bits per heavy atom. The lowest BCUT2D eigenvalue weighted by molar-refractivity contribution is 0.0689. The highest BCUT2D eigenvalue weighted by Gasteiger charge is 2.14. The first-order chi connectivity index (χ1) is 8.68. The number of aromatic nitrogens is 2. The van der Waals surface area contributed by atoms with Crippen molar-refractivity contribution in [2.24, 2.45) is 0 Å². The van der Waals surface area contributed by atoms with Gasteiger partial charge in [-0.3, -0.25) is 9.97 Å². The molecule has 0 aliphatic rings. The molecule has 2 rings (SSSR count). The third-order valence-electron chi connectivity index (χ3n) is 2.42. The van der Waals surface area contributed by atoms with Gasteiger partial charge in [0.2, 0.25) is 0 Å². The molecule has 0 aliphatic heterocycles. The molecular weight excluding hydrogens is 232 g/mol. The summed E-state index contributed by atoms with van der Waals surface area (Å²) in [6.45, 7) is 1.79. The van der Waals surface area contributed by atoms with E-state index in [4.69, 9.17) is 9.84 Å². The van der Waals surface area contributed by atoms with E-state index in [0.717, 1.165) is 0 Å². The van der Waals surface area contributed by atoms with Crippen molar-refractivity contribution in [3.63, 3.8) is 0 Å². The van der Waals surface area contributed by atoms with Crippen LogP contribution in [0.5, 0.6) is 5.75 Å². The quantitative estimate of drug-likeness (QED) is 0.893. The molecule has 5 nitrogen and oxygen atoms in total. The molecule has 1 aromatic carbocycles. The van der Waals surface area contributed by atoms with Gasteiger partial charge in [0.25, 0.3) is 0 Å². The second kappa shape index (κ2) is 5.27. The van der Waals surface area contributed by atoms with Gasteiger partial charge >= 0.3 is 5.97 Å². The van der Waals surface area contributed by atoms with E-state index in [9.17, 15) is 4.79 Å². The lowest BCUT2D eigenvalue weighted by atomic mass is 10.2. The molecule has 0 bridgehead atoms. The molecule has 1 unspecified atom stereocenters. The molecule has 1 aromatic heterocycles. The number of ether oxygens (including phenoxy) is 1. The van der Waals surface area contributed by atoms with Gasteiger partial charge in [-0.1, -0.05) is 12.1 Å². The van der Waals surface area contributed by atoms with Crippen LogP contribution in [0.2, 0.25) is 0 Å². The fraction of sp³-hybridized carbons (Fsp3) is 0.154. The Morgan fingerprint density at radius 3 is 2.78 bits per heavy atom. The zero-order valence-electron chi connectivity index (χ0n) is 9.78. The highest BCUT2D eigenvalue weighted by atomic mass is 16.5. The van der Waals surface area contributed by atoms with E-state index in [2.05, 4.69) is 9.97 Å². The number of hydrogen-bond acceptors (Lipinski definition) is 4. The SMILES string of the molecule is CC(Oc1ccccc1C(=O)O)c1cnccn1. The Labute approximate surface area is 104 Å². The van der Waals surface area contributed by atoms with Gasteiger partial charge in [-0.2, -0.15) is 0 Å². The Hall–Kier alpha value is -2.43. The minimum Gasteiger partial charge on any atom is -0.483 e. The zero-order chi connectivity index (χ0) is 13.0. The average molecular weight is 244 g/mol. The van der Waals surface area contributed by atoms with Gasteiger partial charge in [0, 0.05) is 12.4 Å². The predicted octanol–water partition coefficient (Wildman–Crippen LogP) is 2.31. The van der Waals surface area contributed by atoms with Crippen molar-refractivity contribution < 1.29 is 14.6 Å². The summed E-state index contributed by atoms with van der Waals surface area (Å²) < 4.78 is 5.61. The van der Waals surface area contributed by atoms with E-state index >= 15 is 0 Å². The minimum atomic E-state index is -1.02. The van der Waals surface area contributed by atoms with Crippen LogP contribution in [-0.4, -0.2) is 21.0 Å². The molecule has 0 amide bonds. The summed E-state index contributed by atoms with van der Waals surface area (Å²) in [4.78, 5) is 19.1. The summed E-state index contributed by atoms with van der Waals surface area (Å²) >= 11 is 0. The van der Waals surface area contributed by atoms with E-state index < -0.39 is 5.97 Å². The molecule has 1 N–H and O–H groups in total. The van der Waals surface area contributed by atoms with Crippen LogP contribution in [0.4, 0.5) is 0 Å². The molecule has 0 aliphatic carbocycles. The molecule has 92 valence electrons. The van der Waals surface area contributed by atoms with Crippen molar-refractivity contribution in [3.05, 3.63) is 54.1 Å². The van der Waals surface area contributed by atoms with Crippen molar-refractivity contribution in [1.29, 1.82) is 0 Å². The molecule has 2 aromatic rings. The number of nitrogens with zero attached hydrogens (tertiary/aromatic N) is 2. The molecule has 5 heteroatoms. The number of carbonyl (C=O) groups is 1. The topological polar surface area (TPSA) is 72.3 Å². The van der Waals surface area contributed by atoms with Gasteiger partial charge in [-0.15, -0.1) is 0 Å². The summed E-state index contributed by atoms with van der Waals surface area (Å²) in [5.41, 5.74) is 0.783. The van der Waals surface area contributed by atoms with Crippen molar-refractivity contribution in [3.8, 4) is 5.75 Å². The van der Waals surface area contributed by atoms with Crippen LogP contribution in [0.25, 0.3) is 0 Å². The zero-order valence-corrected chi connectivity index (χ0v) is 9.78. The number of aromatic carboxylic acids is 1. The summed E-state index contributed by atoms with van der Waals surface area (Å²) in [6.07, 6.45) is 4.37. The van der Waals surface area contributed by atoms with Crippen LogP contribution in [0, 0.1) is 0 Å². The van der Waals surface area contributed by atoms with Crippen molar-refractivity contribution in [2.45, 2.75) is 13.0 Å². The van der Waals surface area contributed by atoms with Crippen molar-refractivity contribution in [2.75, 3.05) is 0 Å². The maximum atomic E-state index is 11.0. The number of hydrogen-bond donors (Lipinski definition) is 1. The van der Waals surface area contributed by atoms with Gasteiger partial charge < -0.3 is 9.84 Å². The number of para-hydroxylation sites is 1. The molecule has 0 spiro atoms. The number of benzene rings is 1. The molecule has 0 fully saturated rings. The smallest absolute Gasteiger partial charge is 0.339 e. The Morgan fingerprint density at radius 2 is 2.11 bits per heavy atom. The van der Waals surface area contributed by atoms with Crippen LogP contribution in [0.1, 0.15) is 29.1 Å². The normalized spacial score (nSPS) is 11.8. The molecule has 1 heterocycles. The molecular formula is C13H12N2O3. The van der Waals surface area contributed by atoms with Crippen molar-refractivity contribution >= 4 is 5.97 Å². The number of carboxylic acid groups (broad SMARTS) is 1. The largest absolute Gasteiger partial charge is 0.483 e. The summed E-state index contributed by atoms with van der Waals surface area (Å²) in [6, 6.07) is 6.51. The number of carboxylic acids is 1. The Balaban J connectivity index is 2.22. The molecule has 0 saturated carbocycles. The average Bonchev–Trinajstić information content (AvgIpc) is 2.40. The minimum absolute atomic E-state index is 0.133. The summed E-state index contributed by atoms with van der Waals surface area (Å²) in [5.74, 6) is -0.694. The molecule has 0 radical (unpaired) electrons. The fourth-order valence-corrected chi connectivity index (χ4v) is 1.52. The standard InChI is InChI=1S/C13H12N2O3/c1-9(11-8-14-6-7-15-11)18-12-5-3-2-4-10(12)13(16)17/h2-9H,1H3,(H,16,17). The van der Waals surface area contributed by atoms with Gasteiger partial charge in [0.05, 0.1) is 11.9 Å². The van der Waals surface area contributed by atoms with E-state index in [1.165, 1.54) is 6.07 Å². The van der Waals surface area contributed by atoms with Crippen LogP contribution >= 0.6 is 0 Å². The van der Waals surface area contributed by atoms with Gasteiger partial charge in [-0.25, -0.2) is 4.79 Å². The van der Waals surface area contributed by atoms with E-state index in [1.807, 2.05) is 0 Å². The first kappa shape index (κ1) is 12.0. The molecule has 18 heavy (non-hydrogen) atoms. The predicted molar refractivity (Wildman–Crippen MR) is 64.5 cm³/mol. The van der Waals surface area contributed by atoms with Crippen LogP contribution < -0.4 is 4.74 Å². The highest BCUT2D eigenvalue weighted by molar-refractivity contribution is 5.90. The van der Waals surface area contributed by atoms with Crippen LogP contribution in [0.15, 0.2) is 42.9 Å². The van der Waals surface area contributed by atoms with Crippen LogP contribution in [0.3, 0.4) is 0 Å². The highest BCUT2D eigenvalue weighted by Crippen LogP contribution is 2.23. The summed E-state index contributed by atoms with van der Waals surface area (Å²) in [7, 11) is 0.